The van der Waals surface area contributed by atoms with Crippen LogP contribution in [-0.2, 0) is 14.3 Å². The van der Waals surface area contributed by atoms with Crippen LogP contribution >= 0.6 is 0 Å². The van der Waals surface area contributed by atoms with E-state index in [1.807, 2.05) is 6.07 Å². The van der Waals surface area contributed by atoms with Gasteiger partial charge in [0.05, 0.1) is 16.8 Å². The second-order valence-corrected chi connectivity index (χ2v) is 6.99. The van der Waals surface area contributed by atoms with Crippen LogP contribution in [0, 0.1) is 11.3 Å². The van der Waals surface area contributed by atoms with E-state index in [0.29, 0.717) is 16.9 Å². The van der Waals surface area contributed by atoms with Crippen molar-refractivity contribution < 1.29 is 23.9 Å². The summed E-state index contributed by atoms with van der Waals surface area (Å²) in [5.41, 5.74) is 0.683. The van der Waals surface area contributed by atoms with Gasteiger partial charge in [-0.1, -0.05) is 12.1 Å². The maximum atomic E-state index is 12.1. The van der Waals surface area contributed by atoms with E-state index in [-0.39, 0.29) is 5.56 Å². The first-order chi connectivity index (χ1) is 13.7. The molecule has 2 aromatic carbocycles. The first-order valence-corrected chi connectivity index (χ1v) is 8.74. The SMILES string of the molecule is CC(C)(C)OC(=O)Nc1ccc(C(=O)OCC(=O)Nc2ccccc2C#N)cc1. The Kier molecular flexibility index (Phi) is 6.93. The van der Waals surface area contributed by atoms with Gasteiger partial charge in [0.25, 0.3) is 5.91 Å². The zero-order valence-electron chi connectivity index (χ0n) is 16.3. The lowest BCUT2D eigenvalue weighted by Crippen LogP contribution is -2.27. The van der Waals surface area contributed by atoms with E-state index in [9.17, 15) is 14.4 Å². The predicted octanol–water partition coefficient (Wildman–Crippen LogP) is 3.70. The summed E-state index contributed by atoms with van der Waals surface area (Å²) in [6.07, 6.45) is -0.609. The second-order valence-electron chi connectivity index (χ2n) is 6.99. The van der Waals surface area contributed by atoms with E-state index in [0.717, 1.165) is 0 Å². The van der Waals surface area contributed by atoms with Crippen molar-refractivity contribution in [3.8, 4) is 6.07 Å². The fourth-order valence-electron chi connectivity index (χ4n) is 2.20. The second kappa shape index (κ2) is 9.37. The van der Waals surface area contributed by atoms with Gasteiger partial charge in [-0.3, -0.25) is 10.1 Å². The summed E-state index contributed by atoms with van der Waals surface area (Å²) in [7, 11) is 0. The molecule has 0 saturated carbocycles. The third-order valence-corrected chi connectivity index (χ3v) is 3.42. The molecule has 0 saturated heterocycles. The molecule has 8 heteroatoms. The number of rotatable bonds is 5. The highest BCUT2D eigenvalue weighted by Gasteiger charge is 2.16. The Morgan fingerprint density at radius 3 is 2.28 bits per heavy atom. The highest BCUT2D eigenvalue weighted by molar-refractivity contribution is 5.96. The van der Waals surface area contributed by atoms with Crippen molar-refractivity contribution in [1.29, 1.82) is 5.26 Å². The molecule has 0 heterocycles. The number of carbonyl (C=O) groups excluding carboxylic acids is 3. The molecule has 0 radical (unpaired) electrons. The minimum absolute atomic E-state index is 0.213. The lowest BCUT2D eigenvalue weighted by Gasteiger charge is -2.19. The van der Waals surface area contributed by atoms with Crippen molar-refractivity contribution in [2.24, 2.45) is 0 Å². The topological polar surface area (TPSA) is 118 Å². The van der Waals surface area contributed by atoms with Crippen LogP contribution in [0.4, 0.5) is 16.2 Å². The predicted molar refractivity (Wildman–Crippen MR) is 106 cm³/mol. The molecule has 0 atom stereocenters. The number of benzene rings is 2. The van der Waals surface area contributed by atoms with Gasteiger partial charge in [-0.25, -0.2) is 9.59 Å². The molecular weight excluding hydrogens is 374 g/mol. The lowest BCUT2D eigenvalue weighted by atomic mass is 10.2. The quantitative estimate of drug-likeness (QED) is 0.746. The molecule has 150 valence electrons. The maximum Gasteiger partial charge on any atom is 0.412 e. The largest absolute Gasteiger partial charge is 0.452 e. The monoisotopic (exact) mass is 395 g/mol. The van der Waals surface area contributed by atoms with Crippen LogP contribution in [0.25, 0.3) is 0 Å². The van der Waals surface area contributed by atoms with Gasteiger partial charge in [-0.15, -0.1) is 0 Å². The summed E-state index contributed by atoms with van der Waals surface area (Å²) >= 11 is 0. The number of esters is 1. The molecule has 0 aliphatic rings. The highest BCUT2D eigenvalue weighted by atomic mass is 16.6. The van der Waals surface area contributed by atoms with Crippen LogP contribution in [0.15, 0.2) is 48.5 Å². The number of hydrogen-bond donors (Lipinski definition) is 2. The Morgan fingerprint density at radius 2 is 1.66 bits per heavy atom. The van der Waals surface area contributed by atoms with Gasteiger partial charge in [-0.2, -0.15) is 5.26 Å². The summed E-state index contributed by atoms with van der Waals surface area (Å²) in [6, 6.07) is 14.4. The van der Waals surface area contributed by atoms with Crippen molar-refractivity contribution >= 4 is 29.3 Å². The number of carbonyl (C=O) groups is 3. The molecule has 0 aliphatic carbocycles. The number of para-hydroxylation sites is 1. The van der Waals surface area contributed by atoms with Crippen LogP contribution < -0.4 is 10.6 Å². The summed E-state index contributed by atoms with van der Waals surface area (Å²) in [4.78, 5) is 35.8. The van der Waals surface area contributed by atoms with Crippen LogP contribution in [0.1, 0.15) is 36.7 Å². The van der Waals surface area contributed by atoms with Crippen molar-refractivity contribution in [2.75, 3.05) is 17.2 Å². The Hall–Kier alpha value is -3.86. The van der Waals surface area contributed by atoms with Gasteiger partial charge in [0, 0.05) is 5.69 Å². The van der Waals surface area contributed by atoms with Gasteiger partial charge in [0.1, 0.15) is 11.7 Å². The van der Waals surface area contributed by atoms with E-state index in [1.165, 1.54) is 24.3 Å². The van der Waals surface area contributed by atoms with Gasteiger partial charge in [0.2, 0.25) is 0 Å². The Labute approximate surface area is 168 Å². The minimum Gasteiger partial charge on any atom is -0.452 e. The van der Waals surface area contributed by atoms with E-state index < -0.39 is 30.2 Å². The Balaban J connectivity index is 1.87. The third kappa shape index (κ3) is 6.99. The summed E-state index contributed by atoms with van der Waals surface area (Å²) < 4.78 is 10.1. The number of nitrogens with one attached hydrogen (secondary N) is 2. The van der Waals surface area contributed by atoms with Crippen LogP contribution in [0.2, 0.25) is 0 Å². The number of hydrogen-bond acceptors (Lipinski definition) is 6. The molecule has 2 amide bonds. The van der Waals surface area contributed by atoms with Crippen molar-refractivity contribution in [3.63, 3.8) is 0 Å². The van der Waals surface area contributed by atoms with Crippen LogP contribution in [-0.4, -0.2) is 30.2 Å². The maximum absolute atomic E-state index is 12.1. The van der Waals surface area contributed by atoms with E-state index in [1.54, 1.807) is 45.0 Å². The smallest absolute Gasteiger partial charge is 0.412 e. The standard InChI is InChI=1S/C21H21N3O5/c1-21(2,3)29-20(27)23-16-10-8-14(9-11-16)19(26)28-13-18(25)24-17-7-5-4-6-15(17)12-22/h4-11H,13H2,1-3H3,(H,23,27)(H,24,25). The first kappa shape index (κ1) is 21.4. The Morgan fingerprint density at radius 1 is 1.00 bits per heavy atom. The molecule has 0 spiro atoms. The summed E-state index contributed by atoms with van der Waals surface area (Å²) in [5.74, 6) is -1.26. The number of nitrogens with zero attached hydrogens (tertiary/aromatic N) is 1. The zero-order chi connectivity index (χ0) is 21.4. The number of nitriles is 1. The normalized spacial score (nSPS) is 10.4. The van der Waals surface area contributed by atoms with Gasteiger partial charge < -0.3 is 14.8 Å². The molecule has 2 N–H and O–H groups in total. The van der Waals surface area contributed by atoms with Crippen molar-refractivity contribution in [1.82, 2.24) is 0 Å². The Bertz CT molecular complexity index is 940. The van der Waals surface area contributed by atoms with E-state index in [2.05, 4.69) is 10.6 Å². The molecule has 0 bridgehead atoms. The van der Waals surface area contributed by atoms with Gasteiger partial charge in [0.15, 0.2) is 6.61 Å². The lowest BCUT2D eigenvalue weighted by molar-refractivity contribution is -0.119. The van der Waals surface area contributed by atoms with E-state index in [4.69, 9.17) is 14.7 Å². The first-order valence-electron chi connectivity index (χ1n) is 8.74. The van der Waals surface area contributed by atoms with Crippen molar-refractivity contribution in [3.05, 3.63) is 59.7 Å². The molecule has 0 aliphatic heterocycles. The van der Waals surface area contributed by atoms with Gasteiger partial charge >= 0.3 is 12.1 Å². The molecule has 0 fully saturated rings. The fourth-order valence-corrected chi connectivity index (χ4v) is 2.20. The number of anilines is 2. The molecular formula is C21H21N3O5. The molecule has 29 heavy (non-hydrogen) atoms. The van der Waals surface area contributed by atoms with Crippen LogP contribution in [0.5, 0.6) is 0 Å². The van der Waals surface area contributed by atoms with Crippen molar-refractivity contribution in [2.45, 2.75) is 26.4 Å². The average Bonchev–Trinajstić information content (AvgIpc) is 2.65. The molecule has 0 unspecified atom stereocenters. The number of ether oxygens (including phenoxy) is 2. The molecule has 2 rings (SSSR count). The third-order valence-electron chi connectivity index (χ3n) is 3.42. The summed E-state index contributed by atoms with van der Waals surface area (Å²) in [6.45, 7) is 4.75. The highest BCUT2D eigenvalue weighted by Crippen LogP contribution is 2.15. The minimum atomic E-state index is -0.697. The number of amides is 2. The molecule has 8 nitrogen and oxygen atoms in total. The fraction of sp³-hybridized carbons (Fsp3) is 0.238. The van der Waals surface area contributed by atoms with E-state index >= 15 is 0 Å². The molecule has 0 aromatic heterocycles. The molecule has 2 aromatic rings. The average molecular weight is 395 g/mol. The van der Waals surface area contributed by atoms with Gasteiger partial charge in [-0.05, 0) is 57.2 Å². The van der Waals surface area contributed by atoms with Crippen LogP contribution in [0.3, 0.4) is 0 Å². The summed E-state index contributed by atoms with van der Waals surface area (Å²) in [5, 5.41) is 14.1. The zero-order valence-corrected chi connectivity index (χ0v) is 16.3.